The van der Waals surface area contributed by atoms with Gasteiger partial charge in [-0.25, -0.2) is 0 Å². The van der Waals surface area contributed by atoms with Gasteiger partial charge in [0.25, 0.3) is 0 Å². The Kier molecular flexibility index (Phi) is 4.89. The highest BCUT2D eigenvalue weighted by Gasteiger charge is 2.21. The number of alkyl halides is 2. The van der Waals surface area contributed by atoms with Gasteiger partial charge >= 0.3 is 6.61 Å². The van der Waals surface area contributed by atoms with Gasteiger partial charge in [0, 0.05) is 19.1 Å². The number of halogens is 2. The molecule has 6 heteroatoms. The van der Waals surface area contributed by atoms with Crippen LogP contribution >= 0.6 is 0 Å². The van der Waals surface area contributed by atoms with Gasteiger partial charge in [-0.3, -0.25) is 4.79 Å². The van der Waals surface area contributed by atoms with Gasteiger partial charge in [0.15, 0.2) is 0 Å². The zero-order chi connectivity index (χ0) is 14.5. The van der Waals surface area contributed by atoms with E-state index in [9.17, 15) is 13.6 Å². The molecule has 1 unspecified atom stereocenters. The van der Waals surface area contributed by atoms with Crippen LogP contribution in [0.25, 0.3) is 0 Å². The maximum Gasteiger partial charge on any atom is 0.387 e. The smallest absolute Gasteiger partial charge is 0.387 e. The standard InChI is InChI=1S/C14H18F2N2O2/c15-14(16)20-12-5-3-10(4-6-12)8-13(19)18-7-1-2-11(17)9-18/h3-6,11,14H,1-2,7-9,17H2. The Morgan fingerprint density at radius 1 is 1.40 bits per heavy atom. The number of benzene rings is 1. The highest BCUT2D eigenvalue weighted by molar-refractivity contribution is 5.79. The lowest BCUT2D eigenvalue weighted by atomic mass is 10.1. The lowest BCUT2D eigenvalue weighted by molar-refractivity contribution is -0.131. The molecule has 2 N–H and O–H groups in total. The lowest BCUT2D eigenvalue weighted by Gasteiger charge is -2.30. The Labute approximate surface area is 116 Å². The van der Waals surface area contributed by atoms with Crippen LogP contribution in [0.5, 0.6) is 5.75 Å². The van der Waals surface area contributed by atoms with E-state index in [1.54, 1.807) is 17.0 Å². The molecule has 1 fully saturated rings. The van der Waals surface area contributed by atoms with Crippen molar-refractivity contribution in [2.45, 2.75) is 31.9 Å². The van der Waals surface area contributed by atoms with E-state index in [-0.39, 0.29) is 24.1 Å². The second-order valence-corrected chi connectivity index (χ2v) is 4.94. The Bertz CT molecular complexity index is 451. The maximum absolute atomic E-state index is 12.1. The summed E-state index contributed by atoms with van der Waals surface area (Å²) in [5.74, 6) is 0.110. The third kappa shape index (κ3) is 4.16. The fourth-order valence-corrected chi connectivity index (χ4v) is 2.31. The van der Waals surface area contributed by atoms with E-state index in [0.717, 1.165) is 24.9 Å². The van der Waals surface area contributed by atoms with E-state index < -0.39 is 6.61 Å². The van der Waals surface area contributed by atoms with Gasteiger partial charge in [0.1, 0.15) is 5.75 Å². The number of rotatable bonds is 4. The predicted molar refractivity (Wildman–Crippen MR) is 70.6 cm³/mol. The van der Waals surface area contributed by atoms with Gasteiger partial charge in [-0.15, -0.1) is 0 Å². The summed E-state index contributed by atoms with van der Waals surface area (Å²) in [6.07, 6.45) is 2.12. The number of nitrogens with two attached hydrogens (primary N) is 1. The first kappa shape index (κ1) is 14.7. The first-order valence-electron chi connectivity index (χ1n) is 6.61. The fraction of sp³-hybridized carbons (Fsp3) is 0.500. The van der Waals surface area contributed by atoms with Crippen molar-refractivity contribution in [3.05, 3.63) is 29.8 Å². The molecule has 4 nitrogen and oxygen atoms in total. The number of likely N-dealkylation sites (tertiary alicyclic amines) is 1. The van der Waals surface area contributed by atoms with Crippen LogP contribution < -0.4 is 10.5 Å². The molecule has 1 amide bonds. The molecule has 1 aliphatic rings. The maximum atomic E-state index is 12.1. The van der Waals surface area contributed by atoms with Crippen molar-refractivity contribution in [1.82, 2.24) is 4.90 Å². The highest BCUT2D eigenvalue weighted by atomic mass is 19.3. The molecular weight excluding hydrogens is 266 g/mol. The van der Waals surface area contributed by atoms with Crippen LogP contribution in [0.4, 0.5) is 8.78 Å². The van der Waals surface area contributed by atoms with Gasteiger partial charge in [-0.2, -0.15) is 8.78 Å². The average molecular weight is 284 g/mol. The fourth-order valence-electron chi connectivity index (χ4n) is 2.31. The molecule has 1 aromatic carbocycles. The van der Waals surface area contributed by atoms with Crippen molar-refractivity contribution in [1.29, 1.82) is 0 Å². The molecule has 110 valence electrons. The van der Waals surface area contributed by atoms with Crippen molar-refractivity contribution < 1.29 is 18.3 Å². The van der Waals surface area contributed by atoms with Crippen LogP contribution in [-0.2, 0) is 11.2 Å². The summed E-state index contributed by atoms with van der Waals surface area (Å²) in [6, 6.07) is 6.18. The first-order chi connectivity index (χ1) is 9.54. The quantitative estimate of drug-likeness (QED) is 0.917. The molecular formula is C14H18F2N2O2. The van der Waals surface area contributed by atoms with Crippen molar-refractivity contribution in [2.24, 2.45) is 5.73 Å². The molecule has 1 aliphatic heterocycles. The van der Waals surface area contributed by atoms with Crippen LogP contribution in [-0.4, -0.2) is 36.5 Å². The van der Waals surface area contributed by atoms with Crippen LogP contribution in [0.15, 0.2) is 24.3 Å². The number of nitrogens with zero attached hydrogens (tertiary/aromatic N) is 1. The monoisotopic (exact) mass is 284 g/mol. The molecule has 2 rings (SSSR count). The summed E-state index contributed by atoms with van der Waals surface area (Å²) in [5, 5.41) is 0. The topological polar surface area (TPSA) is 55.6 Å². The number of hydrogen-bond acceptors (Lipinski definition) is 3. The van der Waals surface area contributed by atoms with Crippen LogP contribution in [0, 0.1) is 0 Å². The summed E-state index contributed by atoms with van der Waals surface area (Å²) in [4.78, 5) is 13.9. The van der Waals surface area contributed by atoms with Gasteiger partial charge < -0.3 is 15.4 Å². The number of piperidine rings is 1. The van der Waals surface area contributed by atoms with Crippen LogP contribution in [0.2, 0.25) is 0 Å². The molecule has 0 bridgehead atoms. The summed E-state index contributed by atoms with van der Waals surface area (Å²) in [7, 11) is 0. The number of ether oxygens (including phenoxy) is 1. The number of amides is 1. The Balaban J connectivity index is 1.90. The van der Waals surface area contributed by atoms with E-state index in [4.69, 9.17) is 5.73 Å². The van der Waals surface area contributed by atoms with Crippen molar-refractivity contribution in [3.8, 4) is 5.75 Å². The molecule has 0 aromatic heterocycles. The van der Waals surface area contributed by atoms with E-state index in [1.807, 2.05) is 0 Å². The van der Waals surface area contributed by atoms with E-state index in [0.29, 0.717) is 6.54 Å². The molecule has 0 radical (unpaired) electrons. The molecule has 20 heavy (non-hydrogen) atoms. The summed E-state index contributed by atoms with van der Waals surface area (Å²) < 4.78 is 28.3. The van der Waals surface area contributed by atoms with E-state index >= 15 is 0 Å². The summed E-state index contributed by atoms with van der Waals surface area (Å²) in [6.45, 7) is -1.51. The molecule has 1 atom stereocenters. The first-order valence-corrected chi connectivity index (χ1v) is 6.61. The normalized spacial score (nSPS) is 19.2. The molecule has 0 spiro atoms. The second kappa shape index (κ2) is 6.65. The minimum absolute atomic E-state index is 0.0164. The molecule has 1 heterocycles. The molecule has 1 aromatic rings. The van der Waals surface area contributed by atoms with E-state index in [1.165, 1.54) is 12.1 Å². The van der Waals surface area contributed by atoms with Gasteiger partial charge in [-0.1, -0.05) is 12.1 Å². The number of hydrogen-bond donors (Lipinski definition) is 1. The number of carbonyl (C=O) groups excluding carboxylic acids is 1. The lowest BCUT2D eigenvalue weighted by Crippen LogP contribution is -2.46. The molecule has 0 aliphatic carbocycles. The molecule has 0 saturated carbocycles. The SMILES string of the molecule is NC1CCCN(C(=O)Cc2ccc(OC(F)F)cc2)C1. The largest absolute Gasteiger partial charge is 0.435 e. The van der Waals surface area contributed by atoms with Crippen LogP contribution in [0.1, 0.15) is 18.4 Å². The Morgan fingerprint density at radius 3 is 2.70 bits per heavy atom. The summed E-state index contributed by atoms with van der Waals surface area (Å²) >= 11 is 0. The van der Waals surface area contributed by atoms with Crippen LogP contribution in [0.3, 0.4) is 0 Å². The average Bonchev–Trinajstić information content (AvgIpc) is 2.40. The summed E-state index contributed by atoms with van der Waals surface area (Å²) in [5.41, 5.74) is 6.61. The molecule has 1 saturated heterocycles. The van der Waals surface area contributed by atoms with Gasteiger partial charge in [0.2, 0.25) is 5.91 Å². The van der Waals surface area contributed by atoms with Crippen molar-refractivity contribution in [3.63, 3.8) is 0 Å². The Morgan fingerprint density at radius 2 is 2.10 bits per heavy atom. The minimum atomic E-state index is -2.84. The van der Waals surface area contributed by atoms with Gasteiger partial charge in [0.05, 0.1) is 6.42 Å². The highest BCUT2D eigenvalue weighted by Crippen LogP contribution is 2.16. The Hall–Kier alpha value is -1.69. The second-order valence-electron chi connectivity index (χ2n) is 4.94. The zero-order valence-corrected chi connectivity index (χ0v) is 11.1. The third-order valence-corrected chi connectivity index (χ3v) is 3.31. The van der Waals surface area contributed by atoms with E-state index in [2.05, 4.69) is 4.74 Å². The minimum Gasteiger partial charge on any atom is -0.435 e. The zero-order valence-electron chi connectivity index (χ0n) is 11.1. The third-order valence-electron chi connectivity index (χ3n) is 3.31. The van der Waals surface area contributed by atoms with Crippen molar-refractivity contribution in [2.75, 3.05) is 13.1 Å². The van der Waals surface area contributed by atoms with Gasteiger partial charge in [-0.05, 0) is 30.5 Å². The number of carbonyl (C=O) groups is 1. The predicted octanol–water partition coefficient (Wildman–Crippen LogP) is 1.78. The van der Waals surface area contributed by atoms with Crippen molar-refractivity contribution >= 4 is 5.91 Å².